The van der Waals surface area contributed by atoms with Crippen LogP contribution in [-0.2, 0) is 0 Å². The summed E-state index contributed by atoms with van der Waals surface area (Å²) in [6.07, 6.45) is 5.59. The van der Waals surface area contributed by atoms with Crippen molar-refractivity contribution in [3.05, 3.63) is 66.4 Å². The minimum absolute atomic E-state index is 0.253. The highest BCUT2D eigenvalue weighted by molar-refractivity contribution is 5.88. The molecule has 0 spiro atoms. The summed E-state index contributed by atoms with van der Waals surface area (Å²) in [5.74, 6) is -0.352. The van der Waals surface area contributed by atoms with Gasteiger partial charge in [0.15, 0.2) is 5.82 Å². The van der Waals surface area contributed by atoms with E-state index in [1.54, 1.807) is 30.5 Å². The van der Waals surface area contributed by atoms with E-state index in [0.29, 0.717) is 5.82 Å². The number of hydrogen-bond acceptors (Lipinski definition) is 4. The zero-order valence-electron chi connectivity index (χ0n) is 15.0. The van der Waals surface area contributed by atoms with Gasteiger partial charge >= 0.3 is 5.97 Å². The van der Waals surface area contributed by atoms with Crippen LogP contribution in [0.25, 0.3) is 22.6 Å². The lowest BCUT2D eigenvalue weighted by Gasteiger charge is -2.28. The Balaban J connectivity index is 1.57. The Bertz CT molecular complexity index is 931. The van der Waals surface area contributed by atoms with Gasteiger partial charge in [0.05, 0.1) is 11.3 Å². The van der Waals surface area contributed by atoms with Crippen LogP contribution in [-0.4, -0.2) is 34.1 Å². The molecule has 5 heteroatoms. The van der Waals surface area contributed by atoms with Crippen LogP contribution in [0, 0.1) is 0 Å². The van der Waals surface area contributed by atoms with Gasteiger partial charge in [0, 0.05) is 36.1 Å². The fourth-order valence-electron chi connectivity index (χ4n) is 3.42. The van der Waals surface area contributed by atoms with Crippen LogP contribution < -0.4 is 4.90 Å². The molecule has 1 N–H and O–H groups in total. The first-order valence-corrected chi connectivity index (χ1v) is 9.23. The topological polar surface area (TPSA) is 66.3 Å². The summed E-state index contributed by atoms with van der Waals surface area (Å²) >= 11 is 0. The quantitative estimate of drug-likeness (QED) is 0.743. The van der Waals surface area contributed by atoms with E-state index in [9.17, 15) is 4.79 Å². The highest BCUT2D eigenvalue weighted by Gasteiger charge is 2.11. The molecule has 5 nitrogen and oxygen atoms in total. The van der Waals surface area contributed by atoms with Crippen molar-refractivity contribution in [2.24, 2.45) is 0 Å². The maximum Gasteiger partial charge on any atom is 0.335 e. The fourth-order valence-corrected chi connectivity index (χ4v) is 3.42. The van der Waals surface area contributed by atoms with Crippen molar-refractivity contribution in [1.29, 1.82) is 0 Å². The second-order valence-corrected chi connectivity index (χ2v) is 6.74. The molecule has 0 aliphatic carbocycles. The maximum absolute atomic E-state index is 11.0. The molecule has 1 fully saturated rings. The van der Waals surface area contributed by atoms with Gasteiger partial charge in [-0.1, -0.05) is 24.3 Å². The van der Waals surface area contributed by atoms with Gasteiger partial charge in [-0.2, -0.15) is 0 Å². The number of hydrogen-bond donors (Lipinski definition) is 1. The van der Waals surface area contributed by atoms with Crippen LogP contribution in [0.3, 0.4) is 0 Å². The Morgan fingerprint density at radius 2 is 1.52 bits per heavy atom. The average Bonchev–Trinajstić information content (AvgIpc) is 2.75. The van der Waals surface area contributed by atoms with Crippen molar-refractivity contribution in [3.63, 3.8) is 0 Å². The van der Waals surface area contributed by atoms with E-state index in [2.05, 4.69) is 39.1 Å². The standard InChI is InChI=1S/C22H21N3O2/c26-22(27)18-6-4-17(5-7-18)21-23-13-12-20(24-21)16-8-10-19(11-9-16)25-14-2-1-3-15-25/h4-13H,1-3,14-15H2,(H,26,27). The Morgan fingerprint density at radius 3 is 2.19 bits per heavy atom. The fraction of sp³-hybridized carbons (Fsp3) is 0.227. The number of aromatic carboxylic acids is 1. The van der Waals surface area contributed by atoms with Crippen molar-refractivity contribution in [3.8, 4) is 22.6 Å². The summed E-state index contributed by atoms with van der Waals surface area (Å²) in [5, 5.41) is 9.02. The van der Waals surface area contributed by atoms with Gasteiger partial charge in [0.25, 0.3) is 0 Å². The molecule has 2 aromatic carbocycles. The largest absolute Gasteiger partial charge is 0.478 e. The Labute approximate surface area is 158 Å². The first-order valence-electron chi connectivity index (χ1n) is 9.23. The van der Waals surface area contributed by atoms with Gasteiger partial charge in [-0.3, -0.25) is 0 Å². The van der Waals surface area contributed by atoms with E-state index >= 15 is 0 Å². The number of anilines is 1. The summed E-state index contributed by atoms with van der Waals surface area (Å²) in [6.45, 7) is 2.26. The molecule has 136 valence electrons. The summed E-state index contributed by atoms with van der Waals surface area (Å²) in [5.41, 5.74) is 4.21. The number of aromatic nitrogens is 2. The van der Waals surface area contributed by atoms with Crippen LogP contribution >= 0.6 is 0 Å². The Morgan fingerprint density at radius 1 is 0.852 bits per heavy atom. The molecule has 1 aromatic heterocycles. The predicted molar refractivity (Wildman–Crippen MR) is 106 cm³/mol. The molecular weight excluding hydrogens is 338 g/mol. The van der Waals surface area contributed by atoms with Crippen molar-refractivity contribution >= 4 is 11.7 Å². The number of carbonyl (C=O) groups is 1. The lowest BCUT2D eigenvalue weighted by Crippen LogP contribution is -2.29. The van der Waals surface area contributed by atoms with Gasteiger partial charge in [0.2, 0.25) is 0 Å². The summed E-state index contributed by atoms with van der Waals surface area (Å²) in [7, 11) is 0. The number of nitrogens with zero attached hydrogens (tertiary/aromatic N) is 3. The molecule has 0 saturated carbocycles. The van der Waals surface area contributed by atoms with Crippen molar-refractivity contribution in [1.82, 2.24) is 9.97 Å². The second kappa shape index (κ2) is 7.58. The summed E-state index contributed by atoms with van der Waals surface area (Å²) < 4.78 is 0. The van der Waals surface area contributed by atoms with E-state index < -0.39 is 5.97 Å². The molecule has 1 aliphatic heterocycles. The lowest BCUT2D eigenvalue weighted by atomic mass is 10.1. The van der Waals surface area contributed by atoms with Gasteiger partial charge in [-0.25, -0.2) is 14.8 Å². The second-order valence-electron chi connectivity index (χ2n) is 6.74. The molecule has 0 radical (unpaired) electrons. The number of benzene rings is 2. The highest BCUT2D eigenvalue weighted by Crippen LogP contribution is 2.25. The molecular formula is C22H21N3O2. The normalized spacial score (nSPS) is 14.1. The van der Waals surface area contributed by atoms with Crippen LogP contribution in [0.4, 0.5) is 5.69 Å². The molecule has 1 saturated heterocycles. The zero-order valence-corrected chi connectivity index (χ0v) is 15.0. The molecule has 0 atom stereocenters. The zero-order chi connectivity index (χ0) is 18.6. The number of carboxylic acids is 1. The third kappa shape index (κ3) is 3.82. The lowest BCUT2D eigenvalue weighted by molar-refractivity contribution is 0.0697. The van der Waals surface area contributed by atoms with Crippen LogP contribution in [0.2, 0.25) is 0 Å². The predicted octanol–water partition coefficient (Wildman–Crippen LogP) is 4.50. The smallest absolute Gasteiger partial charge is 0.335 e. The van der Waals surface area contributed by atoms with E-state index in [-0.39, 0.29) is 5.56 Å². The summed E-state index contributed by atoms with van der Waals surface area (Å²) in [6, 6.07) is 17.0. The van der Waals surface area contributed by atoms with E-state index in [1.165, 1.54) is 24.9 Å². The molecule has 27 heavy (non-hydrogen) atoms. The molecule has 1 aliphatic rings. The minimum Gasteiger partial charge on any atom is -0.478 e. The highest BCUT2D eigenvalue weighted by atomic mass is 16.4. The summed E-state index contributed by atoms with van der Waals surface area (Å²) in [4.78, 5) is 22.4. The van der Waals surface area contributed by atoms with Gasteiger partial charge in [-0.15, -0.1) is 0 Å². The third-order valence-electron chi connectivity index (χ3n) is 4.93. The van der Waals surface area contributed by atoms with Crippen LogP contribution in [0.15, 0.2) is 60.8 Å². The first kappa shape index (κ1) is 17.2. The first-order chi connectivity index (χ1) is 13.2. The molecule has 2 heterocycles. The minimum atomic E-state index is -0.940. The van der Waals surface area contributed by atoms with Crippen molar-refractivity contribution in [2.45, 2.75) is 19.3 Å². The maximum atomic E-state index is 11.0. The van der Waals surface area contributed by atoms with Gasteiger partial charge < -0.3 is 10.0 Å². The number of carboxylic acid groups (broad SMARTS) is 1. The monoisotopic (exact) mass is 359 g/mol. The molecule has 0 unspecified atom stereocenters. The van der Waals surface area contributed by atoms with E-state index in [4.69, 9.17) is 5.11 Å². The third-order valence-corrected chi connectivity index (χ3v) is 4.93. The average molecular weight is 359 g/mol. The number of piperidine rings is 1. The van der Waals surface area contributed by atoms with E-state index in [0.717, 1.165) is 29.9 Å². The number of rotatable bonds is 4. The van der Waals surface area contributed by atoms with Gasteiger partial charge in [0.1, 0.15) is 0 Å². The van der Waals surface area contributed by atoms with Crippen molar-refractivity contribution < 1.29 is 9.90 Å². The molecule has 4 rings (SSSR count). The van der Waals surface area contributed by atoms with Crippen molar-refractivity contribution in [2.75, 3.05) is 18.0 Å². The SMILES string of the molecule is O=C(O)c1ccc(-c2nccc(-c3ccc(N4CCCCC4)cc3)n2)cc1. The Kier molecular flexibility index (Phi) is 4.83. The van der Waals surface area contributed by atoms with Crippen LogP contribution in [0.1, 0.15) is 29.6 Å². The Hall–Kier alpha value is -3.21. The molecule has 3 aromatic rings. The molecule has 0 bridgehead atoms. The molecule has 0 amide bonds. The van der Waals surface area contributed by atoms with Gasteiger partial charge in [-0.05, 0) is 49.6 Å². The van der Waals surface area contributed by atoms with Crippen LogP contribution in [0.5, 0.6) is 0 Å². The van der Waals surface area contributed by atoms with E-state index in [1.807, 2.05) is 6.07 Å².